The van der Waals surface area contributed by atoms with Gasteiger partial charge in [0.15, 0.2) is 0 Å². The summed E-state index contributed by atoms with van der Waals surface area (Å²) in [5.74, 6) is 0.168. The fraction of sp³-hybridized carbons (Fsp3) is 0.571. The molecule has 1 saturated carbocycles. The Morgan fingerprint density at radius 1 is 1.17 bits per heavy atom. The fourth-order valence-electron chi connectivity index (χ4n) is 2.74. The summed E-state index contributed by atoms with van der Waals surface area (Å²) in [4.78, 5) is 4.90. The van der Waals surface area contributed by atoms with Gasteiger partial charge in [0.2, 0.25) is 0 Å². The molecular weight excluding hydrogens is 251 g/mol. The minimum absolute atomic E-state index is 0.203. The predicted octanol–water partition coefficient (Wildman–Crippen LogP) is 2.85. The van der Waals surface area contributed by atoms with Crippen molar-refractivity contribution in [2.45, 2.75) is 24.8 Å². The van der Waals surface area contributed by atoms with Crippen LogP contribution < -0.4 is 4.90 Å². The SMILES string of the molecule is Fc1ccc(N2CCN(C3CC3)CC2)c(CCl)c1. The van der Waals surface area contributed by atoms with Crippen LogP contribution in [0.4, 0.5) is 10.1 Å². The normalized spacial score (nSPS) is 21.3. The van der Waals surface area contributed by atoms with Crippen LogP contribution in [0.2, 0.25) is 0 Å². The largest absolute Gasteiger partial charge is 0.369 e. The molecule has 0 unspecified atom stereocenters. The molecule has 3 rings (SSSR count). The molecule has 0 atom stereocenters. The molecule has 1 heterocycles. The third kappa shape index (κ3) is 2.47. The third-order valence-electron chi connectivity index (χ3n) is 3.90. The number of rotatable bonds is 3. The lowest BCUT2D eigenvalue weighted by atomic mass is 10.1. The van der Waals surface area contributed by atoms with Crippen LogP contribution in [-0.2, 0) is 5.88 Å². The van der Waals surface area contributed by atoms with Crippen molar-refractivity contribution in [2.75, 3.05) is 31.1 Å². The van der Waals surface area contributed by atoms with Gasteiger partial charge in [-0.25, -0.2) is 4.39 Å². The Hall–Kier alpha value is -0.800. The van der Waals surface area contributed by atoms with Gasteiger partial charge < -0.3 is 4.90 Å². The second-order valence-electron chi connectivity index (χ2n) is 5.16. The van der Waals surface area contributed by atoms with Crippen LogP contribution in [0, 0.1) is 5.82 Å². The zero-order chi connectivity index (χ0) is 12.5. The third-order valence-corrected chi connectivity index (χ3v) is 4.19. The van der Waals surface area contributed by atoms with E-state index in [0.717, 1.165) is 43.5 Å². The van der Waals surface area contributed by atoms with Gasteiger partial charge in [-0.3, -0.25) is 4.90 Å². The van der Waals surface area contributed by atoms with E-state index in [2.05, 4.69) is 9.80 Å². The van der Waals surface area contributed by atoms with Crippen LogP contribution in [-0.4, -0.2) is 37.1 Å². The zero-order valence-corrected chi connectivity index (χ0v) is 11.2. The molecule has 1 aliphatic carbocycles. The van der Waals surface area contributed by atoms with Gasteiger partial charge in [-0.05, 0) is 36.6 Å². The number of nitrogens with zero attached hydrogens (tertiary/aromatic N) is 2. The average Bonchev–Trinajstić information content (AvgIpc) is 3.23. The zero-order valence-electron chi connectivity index (χ0n) is 10.4. The van der Waals surface area contributed by atoms with Crippen molar-refractivity contribution in [3.8, 4) is 0 Å². The highest BCUT2D eigenvalue weighted by molar-refractivity contribution is 6.17. The Morgan fingerprint density at radius 3 is 2.50 bits per heavy atom. The van der Waals surface area contributed by atoms with Crippen LogP contribution in [0.3, 0.4) is 0 Å². The van der Waals surface area contributed by atoms with E-state index in [1.54, 1.807) is 6.07 Å². The highest BCUT2D eigenvalue weighted by Crippen LogP contribution is 2.30. The minimum Gasteiger partial charge on any atom is -0.369 e. The molecule has 0 radical (unpaired) electrons. The van der Waals surface area contributed by atoms with Crippen LogP contribution in [0.5, 0.6) is 0 Å². The lowest BCUT2D eigenvalue weighted by Crippen LogP contribution is -2.47. The molecule has 0 bridgehead atoms. The minimum atomic E-state index is -0.203. The molecule has 4 heteroatoms. The van der Waals surface area contributed by atoms with Crippen LogP contribution in [0.25, 0.3) is 0 Å². The molecule has 2 nitrogen and oxygen atoms in total. The lowest BCUT2D eigenvalue weighted by Gasteiger charge is -2.37. The van der Waals surface area contributed by atoms with Crippen molar-refractivity contribution in [1.29, 1.82) is 0 Å². The first-order valence-corrected chi connectivity index (χ1v) is 7.15. The number of alkyl halides is 1. The number of piperazine rings is 1. The first-order chi connectivity index (χ1) is 8.78. The van der Waals surface area contributed by atoms with Crippen LogP contribution in [0.1, 0.15) is 18.4 Å². The van der Waals surface area contributed by atoms with E-state index in [1.807, 2.05) is 6.07 Å². The molecular formula is C14H18ClFN2. The quantitative estimate of drug-likeness (QED) is 0.778. The van der Waals surface area contributed by atoms with E-state index in [4.69, 9.17) is 11.6 Å². The number of benzene rings is 1. The summed E-state index contributed by atoms with van der Waals surface area (Å²) < 4.78 is 13.2. The van der Waals surface area contributed by atoms with Crippen LogP contribution in [0.15, 0.2) is 18.2 Å². The molecule has 0 aromatic heterocycles. The second kappa shape index (κ2) is 5.06. The molecule has 1 aromatic rings. The van der Waals surface area contributed by atoms with Crippen LogP contribution >= 0.6 is 11.6 Å². The first-order valence-electron chi connectivity index (χ1n) is 6.61. The molecule has 1 aromatic carbocycles. The van der Waals surface area contributed by atoms with E-state index >= 15 is 0 Å². The Morgan fingerprint density at radius 2 is 1.89 bits per heavy atom. The van der Waals surface area contributed by atoms with Gasteiger partial charge in [0.05, 0.1) is 0 Å². The first kappa shape index (κ1) is 12.2. The molecule has 1 aliphatic heterocycles. The highest BCUT2D eigenvalue weighted by atomic mass is 35.5. The molecule has 2 fully saturated rings. The van der Waals surface area contributed by atoms with Gasteiger partial charge >= 0.3 is 0 Å². The monoisotopic (exact) mass is 268 g/mol. The number of hydrogen-bond acceptors (Lipinski definition) is 2. The predicted molar refractivity (Wildman–Crippen MR) is 72.8 cm³/mol. The molecule has 98 valence electrons. The van der Waals surface area contributed by atoms with Gasteiger partial charge in [-0.2, -0.15) is 0 Å². The average molecular weight is 269 g/mol. The standard InChI is InChI=1S/C14H18ClFN2/c15-10-11-9-12(16)1-4-14(11)18-7-5-17(6-8-18)13-2-3-13/h1,4,9,13H,2-3,5-8,10H2. The summed E-state index contributed by atoms with van der Waals surface area (Å²) >= 11 is 5.91. The fourth-order valence-corrected chi connectivity index (χ4v) is 2.95. The summed E-state index contributed by atoms with van der Waals surface area (Å²) in [6.45, 7) is 4.27. The summed E-state index contributed by atoms with van der Waals surface area (Å²) in [7, 11) is 0. The van der Waals surface area contributed by atoms with Crippen molar-refractivity contribution in [3.63, 3.8) is 0 Å². The molecule has 2 aliphatic rings. The number of hydrogen-bond donors (Lipinski definition) is 0. The lowest BCUT2D eigenvalue weighted by molar-refractivity contribution is 0.248. The van der Waals surface area contributed by atoms with Crippen molar-refractivity contribution >= 4 is 17.3 Å². The molecule has 0 amide bonds. The van der Waals surface area contributed by atoms with Gasteiger partial charge in [-0.15, -0.1) is 11.6 Å². The van der Waals surface area contributed by atoms with E-state index in [9.17, 15) is 4.39 Å². The van der Waals surface area contributed by atoms with Crippen molar-refractivity contribution in [2.24, 2.45) is 0 Å². The molecule has 0 N–H and O–H groups in total. The Labute approximate surface area is 112 Å². The summed E-state index contributed by atoms with van der Waals surface area (Å²) in [6, 6.07) is 5.78. The van der Waals surface area contributed by atoms with Crippen molar-refractivity contribution in [1.82, 2.24) is 4.90 Å². The summed E-state index contributed by atoms with van der Waals surface area (Å²) in [6.07, 6.45) is 2.73. The smallest absolute Gasteiger partial charge is 0.123 e. The number of halogens is 2. The maximum absolute atomic E-state index is 13.2. The Bertz CT molecular complexity index is 426. The highest BCUT2D eigenvalue weighted by Gasteiger charge is 2.31. The topological polar surface area (TPSA) is 6.48 Å². The summed E-state index contributed by atoms with van der Waals surface area (Å²) in [5, 5.41) is 0. The van der Waals surface area contributed by atoms with Gasteiger partial charge in [0.25, 0.3) is 0 Å². The number of anilines is 1. The van der Waals surface area contributed by atoms with Crippen molar-refractivity contribution < 1.29 is 4.39 Å². The molecule has 0 spiro atoms. The van der Waals surface area contributed by atoms with Gasteiger partial charge in [-0.1, -0.05) is 0 Å². The van der Waals surface area contributed by atoms with E-state index in [-0.39, 0.29) is 5.82 Å². The van der Waals surface area contributed by atoms with Gasteiger partial charge in [0.1, 0.15) is 5.82 Å². The molecule has 1 saturated heterocycles. The Kier molecular flexibility index (Phi) is 3.44. The maximum atomic E-state index is 13.2. The maximum Gasteiger partial charge on any atom is 0.123 e. The Balaban J connectivity index is 1.71. The summed E-state index contributed by atoms with van der Waals surface area (Å²) in [5.41, 5.74) is 2.00. The van der Waals surface area contributed by atoms with E-state index in [1.165, 1.54) is 18.9 Å². The van der Waals surface area contributed by atoms with E-state index in [0.29, 0.717) is 5.88 Å². The van der Waals surface area contributed by atoms with E-state index < -0.39 is 0 Å². The second-order valence-corrected chi connectivity index (χ2v) is 5.43. The van der Waals surface area contributed by atoms with Crippen molar-refractivity contribution in [3.05, 3.63) is 29.6 Å². The van der Waals surface area contributed by atoms with Gasteiger partial charge in [0, 0.05) is 43.8 Å². The molecule has 18 heavy (non-hydrogen) atoms.